The summed E-state index contributed by atoms with van der Waals surface area (Å²) in [6, 6.07) is 0. The van der Waals surface area contributed by atoms with Gasteiger partial charge in [0.25, 0.3) is 0 Å². The van der Waals surface area contributed by atoms with E-state index in [1.165, 1.54) is 38.5 Å². The van der Waals surface area contributed by atoms with Crippen molar-refractivity contribution in [2.24, 2.45) is 28.6 Å². The van der Waals surface area contributed by atoms with E-state index in [2.05, 4.69) is 20.8 Å². The molecule has 5 rings (SSSR count). The smallest absolute Gasteiger partial charge is 0.124 e. The van der Waals surface area contributed by atoms with Crippen LogP contribution >= 0.6 is 10.8 Å². The molecule has 4 saturated carbocycles. The Kier molecular flexibility index (Phi) is 2.31. The fourth-order valence-corrected chi connectivity index (χ4v) is 11.3. The average Bonchev–Trinajstić information content (AvgIpc) is 2.89. The minimum Gasteiger partial charge on any atom is -0.246 e. The van der Waals surface area contributed by atoms with Gasteiger partial charge < -0.3 is 0 Å². The van der Waals surface area contributed by atoms with Crippen LogP contribution in [-0.4, -0.2) is 8.29 Å². The molecule has 5 fully saturated rings. The molecule has 102 valence electrons. The van der Waals surface area contributed by atoms with E-state index in [0.29, 0.717) is 5.41 Å². The van der Waals surface area contributed by atoms with Crippen LogP contribution in [0, 0.1) is 28.6 Å². The van der Waals surface area contributed by atoms with Crippen LogP contribution in [0.15, 0.2) is 0 Å². The quantitative estimate of drug-likeness (QED) is 0.526. The monoisotopic (exact) mass is 284 g/mol. The topological polar surface area (TPSA) is 17.1 Å². The van der Waals surface area contributed by atoms with Crippen molar-refractivity contribution in [1.82, 2.24) is 0 Å². The van der Waals surface area contributed by atoms with Crippen molar-refractivity contribution in [3.8, 4) is 0 Å². The van der Waals surface area contributed by atoms with E-state index in [1.54, 1.807) is 10.8 Å². The lowest BCUT2D eigenvalue weighted by Crippen LogP contribution is -2.56. The molecule has 2 atom stereocenters. The molecule has 3 heteroatoms. The summed E-state index contributed by atoms with van der Waals surface area (Å²) in [4.78, 5) is 0. The first kappa shape index (κ1) is 12.3. The maximum absolute atomic E-state index is 12.4. The Hall–Kier alpha value is 0.500. The molecule has 18 heavy (non-hydrogen) atoms. The van der Waals surface area contributed by atoms with Crippen molar-refractivity contribution in [2.75, 3.05) is 0 Å². The van der Waals surface area contributed by atoms with Crippen molar-refractivity contribution in [3.63, 3.8) is 0 Å². The van der Waals surface area contributed by atoms with Gasteiger partial charge in [0, 0.05) is 0 Å². The third-order valence-corrected chi connectivity index (χ3v) is 10.9. The van der Waals surface area contributed by atoms with Crippen LogP contribution < -0.4 is 0 Å². The highest BCUT2D eigenvalue weighted by Crippen LogP contribution is 2.78. The SMILES string of the molecule is CC(C)(C)[C@]1(C23CC4CC(CC(C4)C2)C3)S[S@]1=O. The van der Waals surface area contributed by atoms with Crippen molar-refractivity contribution in [2.45, 2.75) is 63.4 Å². The first-order valence-corrected chi connectivity index (χ1v) is 9.96. The van der Waals surface area contributed by atoms with E-state index in [1.807, 2.05) is 0 Å². The van der Waals surface area contributed by atoms with Crippen LogP contribution in [0.1, 0.15) is 59.3 Å². The highest BCUT2D eigenvalue weighted by molar-refractivity contribution is 8.86. The van der Waals surface area contributed by atoms with Crippen LogP contribution in [0.5, 0.6) is 0 Å². The van der Waals surface area contributed by atoms with E-state index in [9.17, 15) is 4.21 Å². The third kappa shape index (κ3) is 1.33. The van der Waals surface area contributed by atoms with E-state index < -0.39 is 9.83 Å². The van der Waals surface area contributed by atoms with Crippen LogP contribution in [0.3, 0.4) is 0 Å². The van der Waals surface area contributed by atoms with Gasteiger partial charge >= 0.3 is 0 Å². The molecule has 0 aromatic carbocycles. The molecule has 4 bridgehead atoms. The minimum absolute atomic E-state index is 0.0933. The molecule has 0 aromatic heterocycles. The summed E-state index contributed by atoms with van der Waals surface area (Å²) in [6.07, 6.45) is 8.60. The highest BCUT2D eigenvalue weighted by atomic mass is 33.2. The summed E-state index contributed by atoms with van der Waals surface area (Å²) in [6.45, 7) is 6.97. The molecular weight excluding hydrogens is 260 g/mol. The van der Waals surface area contributed by atoms with Gasteiger partial charge in [-0.1, -0.05) is 20.8 Å². The lowest BCUT2D eigenvalue weighted by molar-refractivity contribution is -0.0731. The maximum Gasteiger partial charge on any atom is 0.124 e. The predicted octanol–water partition coefficient (Wildman–Crippen LogP) is 4.36. The molecule has 5 aliphatic rings. The number of rotatable bonds is 1. The van der Waals surface area contributed by atoms with Crippen LogP contribution in [0.25, 0.3) is 0 Å². The molecule has 0 radical (unpaired) electrons. The zero-order valence-corrected chi connectivity index (χ0v) is 13.3. The fourth-order valence-electron chi connectivity index (χ4n) is 6.04. The van der Waals surface area contributed by atoms with E-state index in [0.717, 1.165) is 17.8 Å². The molecule has 0 spiro atoms. The molecule has 0 N–H and O–H groups in total. The summed E-state index contributed by atoms with van der Waals surface area (Å²) in [5.74, 6) is 2.90. The zero-order chi connectivity index (χ0) is 12.8. The Bertz CT molecular complexity index is 387. The highest BCUT2D eigenvalue weighted by Gasteiger charge is 2.75. The maximum atomic E-state index is 12.4. The summed E-state index contributed by atoms with van der Waals surface area (Å²) in [7, 11) is 1.18. The standard InChI is InChI=1S/C15H24OS2/c1-13(2,3)15(17-18(15)16)14-7-10-4-11(8-14)6-12(5-10)9-14/h10-12H,4-9H2,1-3H3/t10?,11?,12?,14?,15-,18+/m0/s1. The molecule has 4 aliphatic carbocycles. The number of hydrogen-bond donors (Lipinski definition) is 0. The van der Waals surface area contributed by atoms with Gasteiger partial charge in [-0.2, -0.15) is 0 Å². The van der Waals surface area contributed by atoms with Crippen LogP contribution in [0.4, 0.5) is 0 Å². The Morgan fingerprint density at radius 3 is 1.67 bits per heavy atom. The first-order valence-electron chi connectivity index (χ1n) is 7.48. The molecule has 1 aliphatic heterocycles. The summed E-state index contributed by atoms with van der Waals surface area (Å²) < 4.78 is 12.5. The minimum atomic E-state index is -0.623. The van der Waals surface area contributed by atoms with E-state index in [4.69, 9.17) is 0 Å². The second kappa shape index (κ2) is 3.39. The van der Waals surface area contributed by atoms with E-state index >= 15 is 0 Å². The van der Waals surface area contributed by atoms with Gasteiger partial charge in [-0.15, -0.1) is 0 Å². The van der Waals surface area contributed by atoms with Crippen molar-refractivity contribution in [1.29, 1.82) is 0 Å². The van der Waals surface area contributed by atoms with Crippen LogP contribution in [-0.2, 0) is 9.83 Å². The Balaban J connectivity index is 1.78. The van der Waals surface area contributed by atoms with Gasteiger partial charge in [0.1, 0.15) is 13.9 Å². The largest absolute Gasteiger partial charge is 0.246 e. The lowest BCUT2D eigenvalue weighted by Gasteiger charge is -2.60. The molecule has 1 saturated heterocycles. The Morgan fingerprint density at radius 1 is 1.00 bits per heavy atom. The second-order valence-corrected chi connectivity index (χ2v) is 11.9. The zero-order valence-electron chi connectivity index (χ0n) is 11.7. The van der Waals surface area contributed by atoms with Crippen LogP contribution in [0.2, 0.25) is 0 Å². The van der Waals surface area contributed by atoms with Gasteiger partial charge in [0.2, 0.25) is 0 Å². The third-order valence-electron chi connectivity index (χ3n) is 6.13. The number of hydrogen-bond acceptors (Lipinski definition) is 2. The Labute approximate surface area is 117 Å². The molecule has 0 unspecified atom stereocenters. The van der Waals surface area contributed by atoms with Gasteiger partial charge in [0.05, 0.1) is 0 Å². The molecule has 0 amide bonds. The summed E-state index contributed by atoms with van der Waals surface area (Å²) in [5.41, 5.74) is 0.615. The summed E-state index contributed by atoms with van der Waals surface area (Å²) in [5, 5.41) is 0. The van der Waals surface area contributed by atoms with E-state index in [-0.39, 0.29) is 9.49 Å². The Morgan fingerprint density at radius 2 is 1.39 bits per heavy atom. The summed E-state index contributed by atoms with van der Waals surface area (Å²) >= 11 is 0. The normalized spacial score (nSPS) is 57.9. The molecule has 1 nitrogen and oxygen atoms in total. The van der Waals surface area contributed by atoms with Gasteiger partial charge in [-0.3, -0.25) is 0 Å². The lowest BCUT2D eigenvalue weighted by atomic mass is 9.47. The van der Waals surface area contributed by atoms with Gasteiger partial charge in [-0.05, 0) is 77.9 Å². The van der Waals surface area contributed by atoms with Gasteiger partial charge in [-0.25, -0.2) is 4.21 Å². The van der Waals surface area contributed by atoms with Gasteiger partial charge in [0.15, 0.2) is 0 Å². The average molecular weight is 284 g/mol. The van der Waals surface area contributed by atoms with Crippen molar-refractivity contribution >= 4 is 20.6 Å². The fraction of sp³-hybridized carbons (Fsp3) is 1.00. The molecule has 0 aromatic rings. The molecular formula is C15H24OS2. The van der Waals surface area contributed by atoms with Crippen molar-refractivity contribution in [3.05, 3.63) is 0 Å². The van der Waals surface area contributed by atoms with Crippen molar-refractivity contribution < 1.29 is 4.21 Å². The predicted molar refractivity (Wildman–Crippen MR) is 78.5 cm³/mol. The first-order chi connectivity index (χ1) is 8.36. The molecule has 1 heterocycles. The second-order valence-electron chi connectivity index (χ2n) is 8.38.